The zero-order chi connectivity index (χ0) is 10.8. The number of benzene rings is 1. The van der Waals surface area contributed by atoms with Crippen molar-refractivity contribution in [3.63, 3.8) is 0 Å². The maximum atomic E-state index is 6.00. The van der Waals surface area contributed by atoms with Gasteiger partial charge in [0, 0.05) is 38.6 Å². The van der Waals surface area contributed by atoms with Crippen molar-refractivity contribution in [2.45, 2.75) is 18.6 Å². The molecule has 0 amide bonds. The van der Waals surface area contributed by atoms with E-state index < -0.39 is 0 Å². The molecule has 0 bridgehead atoms. The van der Waals surface area contributed by atoms with E-state index in [0.29, 0.717) is 12.1 Å². The predicted molar refractivity (Wildman–Crippen MR) is 63.7 cm³/mol. The minimum Gasteiger partial charge on any atom is -0.489 e. The van der Waals surface area contributed by atoms with Gasteiger partial charge in [-0.1, -0.05) is 18.2 Å². The Morgan fingerprint density at radius 2 is 2.12 bits per heavy atom. The van der Waals surface area contributed by atoms with Crippen LogP contribution in [0.5, 0.6) is 5.75 Å². The minimum atomic E-state index is 0.368. The molecule has 2 fully saturated rings. The molecule has 16 heavy (non-hydrogen) atoms. The molecule has 0 radical (unpaired) electrons. The summed E-state index contributed by atoms with van der Waals surface area (Å²) in [5.74, 6) is 1.00. The molecule has 2 aliphatic heterocycles. The molecule has 3 rings (SSSR count). The number of ether oxygens (including phenoxy) is 1. The van der Waals surface area contributed by atoms with Gasteiger partial charge < -0.3 is 10.1 Å². The third-order valence-corrected chi connectivity index (χ3v) is 3.49. The van der Waals surface area contributed by atoms with Crippen LogP contribution in [0.25, 0.3) is 0 Å². The molecule has 1 aromatic carbocycles. The molecular weight excluding hydrogens is 200 g/mol. The Morgan fingerprint density at radius 3 is 2.94 bits per heavy atom. The van der Waals surface area contributed by atoms with Crippen LogP contribution in [0.15, 0.2) is 30.3 Å². The van der Waals surface area contributed by atoms with Crippen molar-refractivity contribution in [1.29, 1.82) is 0 Å². The smallest absolute Gasteiger partial charge is 0.119 e. The van der Waals surface area contributed by atoms with Crippen molar-refractivity contribution in [3.05, 3.63) is 30.3 Å². The molecule has 1 aromatic rings. The van der Waals surface area contributed by atoms with Crippen LogP contribution in [0.3, 0.4) is 0 Å². The lowest BCUT2D eigenvalue weighted by Crippen LogP contribution is -2.47. The van der Waals surface area contributed by atoms with Gasteiger partial charge in [-0.25, -0.2) is 0 Å². The van der Waals surface area contributed by atoms with E-state index in [1.54, 1.807) is 0 Å². The highest BCUT2D eigenvalue weighted by Crippen LogP contribution is 2.23. The molecule has 86 valence electrons. The van der Waals surface area contributed by atoms with Crippen LogP contribution in [0.2, 0.25) is 0 Å². The largest absolute Gasteiger partial charge is 0.489 e. The summed E-state index contributed by atoms with van der Waals surface area (Å²) in [5.41, 5.74) is 0. The lowest BCUT2D eigenvalue weighted by Gasteiger charge is -2.29. The molecule has 0 spiro atoms. The van der Waals surface area contributed by atoms with E-state index in [1.165, 1.54) is 6.54 Å². The number of rotatable bonds is 2. The van der Waals surface area contributed by atoms with E-state index in [-0.39, 0.29) is 0 Å². The lowest BCUT2D eigenvalue weighted by atomic mass is 10.2. The highest BCUT2D eigenvalue weighted by Gasteiger charge is 2.34. The van der Waals surface area contributed by atoms with Crippen molar-refractivity contribution < 1.29 is 4.74 Å². The second-order valence-corrected chi connectivity index (χ2v) is 4.64. The molecule has 2 atom stereocenters. The average Bonchev–Trinajstić information content (AvgIpc) is 2.72. The first-order valence-electron chi connectivity index (χ1n) is 6.08. The lowest BCUT2D eigenvalue weighted by molar-refractivity contribution is 0.186. The van der Waals surface area contributed by atoms with Crippen LogP contribution >= 0.6 is 0 Å². The summed E-state index contributed by atoms with van der Waals surface area (Å²) in [7, 11) is 0. The van der Waals surface area contributed by atoms with Crippen molar-refractivity contribution >= 4 is 0 Å². The summed E-state index contributed by atoms with van der Waals surface area (Å²) in [6.45, 7) is 4.49. The van der Waals surface area contributed by atoms with Gasteiger partial charge in [0.2, 0.25) is 0 Å². The Labute approximate surface area is 96.4 Å². The first-order chi connectivity index (χ1) is 7.92. The molecular formula is C13H18N2O. The zero-order valence-corrected chi connectivity index (χ0v) is 9.43. The van der Waals surface area contributed by atoms with Gasteiger partial charge in [-0.3, -0.25) is 4.90 Å². The molecule has 1 N–H and O–H groups in total. The Kier molecular flexibility index (Phi) is 2.80. The van der Waals surface area contributed by atoms with Crippen molar-refractivity contribution in [3.8, 4) is 5.75 Å². The normalized spacial score (nSPS) is 30.0. The van der Waals surface area contributed by atoms with Gasteiger partial charge in [-0.2, -0.15) is 0 Å². The SMILES string of the molecule is c1ccc(O[C@H]2C[C@H]3CNCCN3C2)cc1. The third kappa shape index (κ3) is 2.06. The first kappa shape index (κ1) is 10.1. The predicted octanol–water partition coefficient (Wildman–Crippen LogP) is 1.11. The summed E-state index contributed by atoms with van der Waals surface area (Å²) < 4.78 is 6.00. The highest BCUT2D eigenvalue weighted by atomic mass is 16.5. The topological polar surface area (TPSA) is 24.5 Å². The number of para-hydroxylation sites is 1. The van der Waals surface area contributed by atoms with Crippen LogP contribution < -0.4 is 10.1 Å². The minimum absolute atomic E-state index is 0.368. The molecule has 0 aromatic heterocycles. The van der Waals surface area contributed by atoms with Gasteiger partial charge in [0.1, 0.15) is 11.9 Å². The fourth-order valence-corrected chi connectivity index (χ4v) is 2.69. The monoisotopic (exact) mass is 218 g/mol. The van der Waals surface area contributed by atoms with Gasteiger partial charge in [0.15, 0.2) is 0 Å². The molecule has 2 heterocycles. The number of piperazine rings is 1. The van der Waals surface area contributed by atoms with Gasteiger partial charge >= 0.3 is 0 Å². The number of hydrogen-bond acceptors (Lipinski definition) is 3. The maximum Gasteiger partial charge on any atom is 0.119 e. The van der Waals surface area contributed by atoms with Gasteiger partial charge in [0.05, 0.1) is 0 Å². The van der Waals surface area contributed by atoms with E-state index in [9.17, 15) is 0 Å². The van der Waals surface area contributed by atoms with Crippen molar-refractivity contribution in [2.24, 2.45) is 0 Å². The maximum absolute atomic E-state index is 6.00. The molecule has 0 aliphatic carbocycles. The average molecular weight is 218 g/mol. The molecule has 0 saturated carbocycles. The Hall–Kier alpha value is -1.06. The fourth-order valence-electron chi connectivity index (χ4n) is 2.69. The summed E-state index contributed by atoms with van der Waals surface area (Å²) in [4.78, 5) is 2.55. The van der Waals surface area contributed by atoms with Gasteiger partial charge in [0.25, 0.3) is 0 Å². The molecule has 3 nitrogen and oxygen atoms in total. The van der Waals surface area contributed by atoms with Crippen LogP contribution in [0, 0.1) is 0 Å². The number of fused-ring (bicyclic) bond motifs is 1. The number of nitrogens with one attached hydrogen (secondary N) is 1. The fraction of sp³-hybridized carbons (Fsp3) is 0.538. The van der Waals surface area contributed by atoms with E-state index in [2.05, 4.69) is 10.2 Å². The van der Waals surface area contributed by atoms with E-state index in [0.717, 1.165) is 31.8 Å². The van der Waals surface area contributed by atoms with Crippen LogP contribution in [-0.2, 0) is 0 Å². The van der Waals surface area contributed by atoms with Crippen molar-refractivity contribution in [1.82, 2.24) is 10.2 Å². The molecule has 2 aliphatic rings. The number of nitrogens with zero attached hydrogens (tertiary/aromatic N) is 1. The highest BCUT2D eigenvalue weighted by molar-refractivity contribution is 5.21. The first-order valence-corrected chi connectivity index (χ1v) is 6.08. The van der Waals surface area contributed by atoms with E-state index in [1.807, 2.05) is 30.3 Å². The van der Waals surface area contributed by atoms with Gasteiger partial charge in [-0.05, 0) is 12.1 Å². The van der Waals surface area contributed by atoms with Crippen LogP contribution in [0.4, 0.5) is 0 Å². The van der Waals surface area contributed by atoms with Gasteiger partial charge in [-0.15, -0.1) is 0 Å². The van der Waals surface area contributed by atoms with Crippen molar-refractivity contribution in [2.75, 3.05) is 26.2 Å². The quantitative estimate of drug-likeness (QED) is 0.805. The Balaban J connectivity index is 1.61. The van der Waals surface area contributed by atoms with Crippen LogP contribution in [0.1, 0.15) is 6.42 Å². The van der Waals surface area contributed by atoms with E-state index >= 15 is 0 Å². The second-order valence-electron chi connectivity index (χ2n) is 4.64. The van der Waals surface area contributed by atoms with E-state index in [4.69, 9.17) is 4.74 Å². The third-order valence-electron chi connectivity index (χ3n) is 3.49. The summed E-state index contributed by atoms with van der Waals surface area (Å²) in [6.07, 6.45) is 1.52. The second kappa shape index (κ2) is 4.44. The number of hydrogen-bond donors (Lipinski definition) is 1. The summed E-state index contributed by atoms with van der Waals surface area (Å²) >= 11 is 0. The summed E-state index contributed by atoms with van der Waals surface area (Å²) in [5, 5.41) is 3.44. The molecule has 2 saturated heterocycles. The summed E-state index contributed by atoms with van der Waals surface area (Å²) in [6, 6.07) is 10.8. The Morgan fingerprint density at radius 1 is 1.25 bits per heavy atom. The standard InChI is InChI=1S/C13H18N2O/c1-2-4-12(5-3-1)16-13-8-11-9-14-6-7-15(11)10-13/h1-5,11,13-14H,6-10H2/t11-,13-/m0/s1. The van der Waals surface area contributed by atoms with Crippen LogP contribution in [-0.4, -0.2) is 43.2 Å². The molecule has 0 unspecified atom stereocenters. The Bertz CT molecular complexity index is 327. The zero-order valence-electron chi connectivity index (χ0n) is 9.43. The molecule has 3 heteroatoms.